The summed E-state index contributed by atoms with van der Waals surface area (Å²) in [5.74, 6) is -0.660. The lowest BCUT2D eigenvalue weighted by molar-refractivity contribution is -0.319. The second-order valence-corrected chi connectivity index (χ2v) is 9.55. The van der Waals surface area contributed by atoms with Crippen molar-refractivity contribution in [2.75, 3.05) is 5.32 Å². The largest absolute Gasteiger partial charge is 0.465 e. The van der Waals surface area contributed by atoms with Gasteiger partial charge >= 0.3 is 11.9 Å². The molecule has 0 saturated carbocycles. The molecule has 2 fully saturated rings. The van der Waals surface area contributed by atoms with Crippen LogP contribution in [0, 0.1) is 5.92 Å². The van der Waals surface area contributed by atoms with Crippen molar-refractivity contribution in [3.8, 4) is 5.75 Å². The molecule has 0 spiro atoms. The van der Waals surface area contributed by atoms with Crippen LogP contribution in [0.2, 0.25) is 0 Å². The zero-order valence-corrected chi connectivity index (χ0v) is 22.4. The van der Waals surface area contributed by atoms with Crippen molar-refractivity contribution in [3.63, 3.8) is 0 Å². The van der Waals surface area contributed by atoms with Gasteiger partial charge in [0.25, 0.3) is 0 Å². The predicted molar refractivity (Wildman–Crippen MR) is 134 cm³/mol. The maximum Gasteiger partial charge on any atom is 0.303 e. The van der Waals surface area contributed by atoms with Crippen LogP contribution >= 0.6 is 0 Å². The van der Waals surface area contributed by atoms with Crippen LogP contribution in [-0.2, 0) is 38.1 Å². The Kier molecular flexibility index (Phi) is 10.3. The fourth-order valence-electron chi connectivity index (χ4n) is 4.88. The molecule has 3 rings (SSSR count). The number of carbonyl (C=O) groups excluding carboxylic acids is 3. The normalized spacial score (nSPS) is 31.7. The lowest BCUT2D eigenvalue weighted by Gasteiger charge is -2.46. The van der Waals surface area contributed by atoms with Crippen LogP contribution in [0.25, 0.3) is 0 Å². The van der Waals surface area contributed by atoms with Crippen molar-refractivity contribution in [3.05, 3.63) is 24.3 Å². The van der Waals surface area contributed by atoms with E-state index in [1.807, 2.05) is 20.8 Å². The summed E-state index contributed by atoms with van der Waals surface area (Å²) < 4.78 is 36.0. The van der Waals surface area contributed by atoms with E-state index >= 15 is 0 Å². The lowest BCUT2D eigenvalue weighted by atomic mass is 9.88. The average Bonchev–Trinajstić information content (AvgIpc) is 2.84. The minimum atomic E-state index is -0.907. The van der Waals surface area contributed by atoms with Gasteiger partial charge in [-0.05, 0) is 43.5 Å². The summed E-state index contributed by atoms with van der Waals surface area (Å²) in [5.41, 5.74) is 0.686. The predicted octanol–water partition coefficient (Wildman–Crippen LogP) is 3.96. The van der Waals surface area contributed by atoms with Gasteiger partial charge in [0, 0.05) is 38.8 Å². The molecule has 37 heavy (non-hydrogen) atoms. The van der Waals surface area contributed by atoms with Gasteiger partial charge in [0.1, 0.15) is 11.9 Å². The topological polar surface area (TPSA) is 119 Å². The fourth-order valence-corrected chi connectivity index (χ4v) is 4.88. The van der Waals surface area contributed by atoms with E-state index in [1.54, 1.807) is 24.3 Å². The van der Waals surface area contributed by atoms with E-state index in [0.29, 0.717) is 37.1 Å². The van der Waals surface area contributed by atoms with Crippen molar-refractivity contribution in [1.29, 1.82) is 0 Å². The molecule has 206 valence electrons. The second kappa shape index (κ2) is 13.2. The van der Waals surface area contributed by atoms with Gasteiger partial charge in [0.2, 0.25) is 5.91 Å². The maximum atomic E-state index is 11.9. The first-order valence-electron chi connectivity index (χ1n) is 13.0. The van der Waals surface area contributed by atoms with E-state index in [1.165, 1.54) is 20.8 Å². The molecule has 10 nitrogen and oxygen atoms in total. The molecule has 0 radical (unpaired) electrons. The molecule has 1 amide bonds. The number of rotatable bonds is 9. The highest BCUT2D eigenvalue weighted by Crippen LogP contribution is 2.35. The van der Waals surface area contributed by atoms with Gasteiger partial charge in [0.05, 0.1) is 18.3 Å². The summed E-state index contributed by atoms with van der Waals surface area (Å²) in [5, 5.41) is 2.72. The Labute approximate surface area is 218 Å². The minimum Gasteiger partial charge on any atom is -0.465 e. The van der Waals surface area contributed by atoms with Gasteiger partial charge in [-0.1, -0.05) is 20.8 Å². The van der Waals surface area contributed by atoms with Gasteiger partial charge < -0.3 is 33.7 Å². The van der Waals surface area contributed by atoms with E-state index in [9.17, 15) is 14.4 Å². The molecular weight excluding hydrogens is 482 g/mol. The summed E-state index contributed by atoms with van der Waals surface area (Å²) in [4.78, 5) is 35.0. The summed E-state index contributed by atoms with van der Waals surface area (Å²) in [6.45, 7) is 9.99. The van der Waals surface area contributed by atoms with E-state index in [4.69, 9.17) is 28.4 Å². The van der Waals surface area contributed by atoms with Crippen molar-refractivity contribution in [2.24, 2.45) is 5.92 Å². The van der Waals surface area contributed by atoms with Crippen molar-refractivity contribution < 1.29 is 42.8 Å². The number of carbonyl (C=O) groups is 3. The molecule has 1 N–H and O–H groups in total. The molecule has 8 atom stereocenters. The average molecular weight is 522 g/mol. The highest BCUT2D eigenvalue weighted by Gasteiger charge is 2.49. The minimum absolute atomic E-state index is 0.141. The monoisotopic (exact) mass is 521 g/mol. The van der Waals surface area contributed by atoms with Crippen LogP contribution in [0.3, 0.4) is 0 Å². The van der Waals surface area contributed by atoms with Gasteiger partial charge in [-0.25, -0.2) is 0 Å². The quantitative estimate of drug-likeness (QED) is 0.482. The zero-order chi connectivity index (χ0) is 27.1. The van der Waals surface area contributed by atoms with Crippen molar-refractivity contribution in [1.82, 2.24) is 0 Å². The molecule has 0 bridgehead atoms. The Balaban J connectivity index is 1.68. The van der Waals surface area contributed by atoms with Crippen molar-refractivity contribution in [2.45, 2.75) is 110 Å². The van der Waals surface area contributed by atoms with E-state index in [-0.39, 0.29) is 30.1 Å². The molecule has 1 aromatic rings. The van der Waals surface area contributed by atoms with Crippen LogP contribution in [0.15, 0.2) is 24.3 Å². The molecule has 1 aromatic carbocycles. The van der Waals surface area contributed by atoms with Crippen molar-refractivity contribution >= 4 is 23.5 Å². The number of anilines is 1. The molecule has 2 heterocycles. The second-order valence-electron chi connectivity index (χ2n) is 9.55. The molecular formula is C27H39NO9. The maximum absolute atomic E-state index is 11.9. The zero-order valence-electron chi connectivity index (χ0n) is 22.4. The Hall–Kier alpha value is -2.69. The highest BCUT2D eigenvalue weighted by atomic mass is 16.7. The Morgan fingerprint density at radius 3 is 2.08 bits per heavy atom. The Morgan fingerprint density at radius 1 is 0.892 bits per heavy atom. The molecule has 0 aromatic heterocycles. The third kappa shape index (κ3) is 7.90. The molecule has 1 unspecified atom stereocenters. The first-order valence-corrected chi connectivity index (χ1v) is 13.0. The van der Waals surface area contributed by atoms with Crippen LogP contribution in [-0.4, -0.2) is 60.9 Å². The van der Waals surface area contributed by atoms with Crippen LogP contribution in [0.1, 0.15) is 67.2 Å². The van der Waals surface area contributed by atoms with Gasteiger partial charge in [-0.2, -0.15) is 0 Å². The number of nitrogens with one attached hydrogen (secondary N) is 1. The summed E-state index contributed by atoms with van der Waals surface area (Å²) in [6.07, 6.45) is -1.27. The van der Waals surface area contributed by atoms with Gasteiger partial charge in [-0.3, -0.25) is 14.4 Å². The Morgan fingerprint density at radius 2 is 1.51 bits per heavy atom. The number of esters is 2. The molecule has 0 aliphatic carbocycles. The number of hydrogen-bond donors (Lipinski definition) is 1. The van der Waals surface area contributed by atoms with Gasteiger partial charge in [0.15, 0.2) is 18.7 Å². The Bertz CT molecular complexity index is 921. The highest BCUT2D eigenvalue weighted by molar-refractivity contribution is 5.88. The molecule has 10 heteroatoms. The first kappa shape index (κ1) is 28.9. The van der Waals surface area contributed by atoms with Crippen LogP contribution < -0.4 is 10.1 Å². The number of ether oxygens (including phenoxy) is 6. The molecule has 2 aliphatic rings. The summed E-state index contributed by atoms with van der Waals surface area (Å²) in [7, 11) is 0. The molecule has 2 saturated heterocycles. The lowest BCUT2D eigenvalue weighted by Crippen LogP contribution is -2.59. The SMILES string of the molecule is CC[C@H]1O[C@H](Oc2ccc(NC(C)=O)cc2)CCC1O[C@H]1O[C@H](CC)[C@@H](C)[C@H](OC(C)=O)[C@H]1OC(C)=O. The third-order valence-electron chi connectivity index (χ3n) is 6.59. The third-order valence-corrected chi connectivity index (χ3v) is 6.59. The fraction of sp³-hybridized carbons (Fsp3) is 0.667. The molecule has 2 aliphatic heterocycles. The number of amides is 1. The smallest absolute Gasteiger partial charge is 0.303 e. The first-order chi connectivity index (χ1) is 17.6. The van der Waals surface area contributed by atoms with E-state index in [2.05, 4.69) is 5.32 Å². The van der Waals surface area contributed by atoms with Gasteiger partial charge in [-0.15, -0.1) is 0 Å². The van der Waals surface area contributed by atoms with Crippen LogP contribution in [0.5, 0.6) is 5.75 Å². The van der Waals surface area contributed by atoms with Crippen LogP contribution in [0.4, 0.5) is 5.69 Å². The van der Waals surface area contributed by atoms with E-state index in [0.717, 1.165) is 0 Å². The van der Waals surface area contributed by atoms with E-state index < -0.39 is 36.7 Å². The number of benzene rings is 1. The standard InChI is InChI=1S/C27H39NO9/c1-7-21-15(3)25(32-17(5)30)26(33-18(6)31)27(36-21)37-23-13-14-24(35-22(23)8-2)34-20-11-9-19(10-12-20)28-16(4)29/h9-12,15,21-27H,7-8,13-14H2,1-6H3,(H,28,29)/t15-,21-,22-,23?,24+,25+,26-,27-/m1/s1. The number of hydrogen-bond acceptors (Lipinski definition) is 9. The summed E-state index contributed by atoms with van der Waals surface area (Å²) >= 11 is 0. The summed E-state index contributed by atoms with van der Waals surface area (Å²) in [6, 6.07) is 7.09.